The van der Waals surface area contributed by atoms with Gasteiger partial charge in [-0.1, -0.05) is 35.9 Å². The van der Waals surface area contributed by atoms with Crippen molar-refractivity contribution in [2.24, 2.45) is 0 Å². The zero-order valence-corrected chi connectivity index (χ0v) is 11.6. The lowest BCUT2D eigenvalue weighted by atomic mass is 10.1. The molecule has 2 N–H and O–H groups in total. The van der Waals surface area contributed by atoms with E-state index in [4.69, 9.17) is 16.7 Å². The van der Waals surface area contributed by atoms with E-state index in [0.29, 0.717) is 17.9 Å². The normalized spacial score (nSPS) is 10.5. The lowest BCUT2D eigenvalue weighted by Crippen LogP contribution is -2.11. The molecule has 0 aliphatic heterocycles. The number of carboxylic acid groups (broad SMARTS) is 1. The Morgan fingerprint density at radius 2 is 2.00 bits per heavy atom. The molecule has 0 fully saturated rings. The maximum atomic E-state index is 11.6. The summed E-state index contributed by atoms with van der Waals surface area (Å²) in [5.74, 6) is -0.339. The van der Waals surface area contributed by atoms with Crippen molar-refractivity contribution >= 4 is 17.6 Å². The fourth-order valence-electron chi connectivity index (χ4n) is 1.84. The average molecular weight is 293 g/mol. The number of aromatic nitrogens is 2. The summed E-state index contributed by atoms with van der Waals surface area (Å²) in [4.78, 5) is 28.9. The van der Waals surface area contributed by atoms with E-state index in [0.717, 1.165) is 11.1 Å². The summed E-state index contributed by atoms with van der Waals surface area (Å²) in [6.45, 7) is 1.68. The van der Waals surface area contributed by atoms with Gasteiger partial charge in [0.05, 0.1) is 5.69 Å². The summed E-state index contributed by atoms with van der Waals surface area (Å²) in [6, 6.07) is 7.19. The Morgan fingerprint density at radius 3 is 2.60 bits per heavy atom. The monoisotopic (exact) mass is 292 g/mol. The molecule has 0 unspecified atom stereocenters. The van der Waals surface area contributed by atoms with Crippen LogP contribution in [0.15, 0.2) is 29.1 Å². The van der Waals surface area contributed by atoms with Gasteiger partial charge in [0.1, 0.15) is 10.8 Å². The highest BCUT2D eigenvalue weighted by atomic mass is 35.5. The van der Waals surface area contributed by atoms with E-state index in [1.54, 1.807) is 19.1 Å². The third-order valence-corrected chi connectivity index (χ3v) is 3.19. The first kappa shape index (κ1) is 14.3. The first-order valence-corrected chi connectivity index (χ1v) is 6.42. The second-order valence-corrected chi connectivity index (χ2v) is 4.78. The number of benzene rings is 1. The van der Waals surface area contributed by atoms with Crippen LogP contribution in [0.3, 0.4) is 0 Å². The van der Waals surface area contributed by atoms with Gasteiger partial charge in [0.2, 0.25) is 0 Å². The number of rotatable bonds is 4. The number of aryl methyl sites for hydroxylation is 2. The predicted octanol–water partition coefficient (Wildman–Crippen LogP) is 2.42. The van der Waals surface area contributed by atoms with E-state index in [9.17, 15) is 9.59 Å². The molecule has 0 atom stereocenters. The van der Waals surface area contributed by atoms with Crippen LogP contribution in [-0.4, -0.2) is 21.0 Å². The van der Waals surface area contributed by atoms with Crippen molar-refractivity contribution in [2.75, 3.05) is 0 Å². The fourth-order valence-corrected chi connectivity index (χ4v) is 2.04. The van der Waals surface area contributed by atoms with Crippen LogP contribution < -0.4 is 5.56 Å². The number of nitrogens with zero attached hydrogens (tertiary/aromatic N) is 1. The van der Waals surface area contributed by atoms with Crippen LogP contribution in [0.4, 0.5) is 0 Å². The van der Waals surface area contributed by atoms with Gasteiger partial charge in [-0.25, -0.2) is 4.98 Å². The number of carboxylic acids is 1. The molecule has 20 heavy (non-hydrogen) atoms. The van der Waals surface area contributed by atoms with Crippen molar-refractivity contribution in [3.8, 4) is 11.3 Å². The van der Waals surface area contributed by atoms with Gasteiger partial charge in [-0.2, -0.15) is 0 Å². The zero-order valence-electron chi connectivity index (χ0n) is 10.8. The van der Waals surface area contributed by atoms with E-state index >= 15 is 0 Å². The van der Waals surface area contributed by atoms with E-state index < -0.39 is 5.97 Å². The van der Waals surface area contributed by atoms with Crippen molar-refractivity contribution in [3.63, 3.8) is 0 Å². The fraction of sp³-hybridized carbons (Fsp3) is 0.214. The number of aliphatic carboxylic acids is 1. The van der Waals surface area contributed by atoms with Gasteiger partial charge in [-0.05, 0) is 18.9 Å². The minimum Gasteiger partial charge on any atom is -0.481 e. The molecule has 0 aliphatic rings. The van der Waals surface area contributed by atoms with Crippen LogP contribution in [0.1, 0.15) is 17.8 Å². The molecule has 6 heteroatoms. The molecule has 0 aliphatic carbocycles. The summed E-state index contributed by atoms with van der Waals surface area (Å²) >= 11 is 5.96. The molecule has 104 valence electrons. The first-order valence-electron chi connectivity index (χ1n) is 6.05. The minimum absolute atomic E-state index is 0.0499. The van der Waals surface area contributed by atoms with E-state index in [-0.39, 0.29) is 17.0 Å². The molecule has 2 rings (SSSR count). The van der Waals surface area contributed by atoms with Crippen molar-refractivity contribution < 1.29 is 9.90 Å². The number of hydrogen-bond acceptors (Lipinski definition) is 3. The highest BCUT2D eigenvalue weighted by molar-refractivity contribution is 6.32. The highest BCUT2D eigenvalue weighted by Gasteiger charge is 2.10. The molecule has 0 saturated heterocycles. The lowest BCUT2D eigenvalue weighted by Gasteiger charge is -2.05. The quantitative estimate of drug-likeness (QED) is 0.906. The molecule has 5 nitrogen and oxygen atoms in total. The van der Waals surface area contributed by atoms with Crippen molar-refractivity contribution in [3.05, 3.63) is 51.0 Å². The summed E-state index contributed by atoms with van der Waals surface area (Å²) in [6.07, 6.45) is 0.549. The van der Waals surface area contributed by atoms with Crippen LogP contribution in [0.5, 0.6) is 0 Å². The Bertz CT molecular complexity index is 693. The molecular formula is C14H13ClN2O3. The van der Waals surface area contributed by atoms with Crippen molar-refractivity contribution in [2.45, 2.75) is 19.8 Å². The van der Waals surface area contributed by atoms with Gasteiger partial charge in [-0.3, -0.25) is 9.59 Å². The Balaban J connectivity index is 2.31. The molecule has 1 heterocycles. The Morgan fingerprint density at radius 1 is 1.35 bits per heavy atom. The molecule has 2 aromatic rings. The number of aromatic amines is 1. The molecule has 1 aromatic carbocycles. The molecular weight excluding hydrogens is 280 g/mol. The number of hydrogen-bond donors (Lipinski definition) is 2. The second kappa shape index (κ2) is 5.88. The maximum Gasteiger partial charge on any atom is 0.303 e. The van der Waals surface area contributed by atoms with Gasteiger partial charge in [-0.15, -0.1) is 0 Å². The summed E-state index contributed by atoms with van der Waals surface area (Å²) < 4.78 is 0. The largest absolute Gasteiger partial charge is 0.481 e. The number of halogens is 1. The van der Waals surface area contributed by atoms with Crippen LogP contribution in [0, 0.1) is 6.92 Å². The molecule has 0 amide bonds. The smallest absolute Gasteiger partial charge is 0.303 e. The standard InChI is InChI=1S/C14H13ClN2O3/c1-8-16-13(12(15)14(20)17-8)10-5-2-9(3-6-10)4-7-11(18)19/h2-3,5-6H,4,7H2,1H3,(H,18,19)(H,16,17,20). The highest BCUT2D eigenvalue weighted by Crippen LogP contribution is 2.23. The summed E-state index contributed by atoms with van der Waals surface area (Å²) in [5.41, 5.74) is 1.69. The Hall–Kier alpha value is -2.14. The molecule has 0 spiro atoms. The van der Waals surface area contributed by atoms with E-state index in [1.807, 2.05) is 12.1 Å². The van der Waals surface area contributed by atoms with Gasteiger partial charge in [0.25, 0.3) is 5.56 Å². The van der Waals surface area contributed by atoms with Crippen LogP contribution >= 0.6 is 11.6 Å². The Labute approximate surface area is 120 Å². The van der Waals surface area contributed by atoms with E-state index in [2.05, 4.69) is 9.97 Å². The molecule has 0 bridgehead atoms. The SMILES string of the molecule is Cc1nc(-c2ccc(CCC(=O)O)cc2)c(Cl)c(=O)[nH]1. The summed E-state index contributed by atoms with van der Waals surface area (Å²) in [5, 5.41) is 8.69. The predicted molar refractivity (Wildman–Crippen MR) is 76.0 cm³/mol. The van der Waals surface area contributed by atoms with Crippen molar-refractivity contribution in [1.29, 1.82) is 0 Å². The van der Waals surface area contributed by atoms with Gasteiger partial charge < -0.3 is 10.1 Å². The Kier molecular flexibility index (Phi) is 4.20. The van der Waals surface area contributed by atoms with Crippen LogP contribution in [-0.2, 0) is 11.2 Å². The topological polar surface area (TPSA) is 83.0 Å². The van der Waals surface area contributed by atoms with Crippen molar-refractivity contribution in [1.82, 2.24) is 9.97 Å². The molecule has 0 saturated carbocycles. The molecule has 1 aromatic heterocycles. The minimum atomic E-state index is -0.830. The number of nitrogens with one attached hydrogen (secondary N) is 1. The lowest BCUT2D eigenvalue weighted by molar-refractivity contribution is -0.136. The number of H-pyrrole nitrogens is 1. The van der Waals surface area contributed by atoms with Crippen LogP contribution in [0.25, 0.3) is 11.3 Å². The molecule has 0 radical (unpaired) electrons. The maximum absolute atomic E-state index is 11.6. The van der Waals surface area contributed by atoms with E-state index in [1.165, 1.54) is 0 Å². The first-order chi connectivity index (χ1) is 9.47. The van der Waals surface area contributed by atoms with Gasteiger partial charge in [0.15, 0.2) is 0 Å². The average Bonchev–Trinajstić information content (AvgIpc) is 2.41. The van der Waals surface area contributed by atoms with Gasteiger partial charge >= 0.3 is 5.97 Å². The van der Waals surface area contributed by atoms with Gasteiger partial charge in [0, 0.05) is 12.0 Å². The third kappa shape index (κ3) is 3.24. The third-order valence-electron chi connectivity index (χ3n) is 2.84. The zero-order chi connectivity index (χ0) is 14.7. The van der Waals surface area contributed by atoms with Crippen LogP contribution in [0.2, 0.25) is 5.02 Å². The second-order valence-electron chi connectivity index (χ2n) is 4.40. The summed E-state index contributed by atoms with van der Waals surface area (Å²) in [7, 11) is 0. The number of carbonyl (C=O) groups is 1.